The maximum absolute atomic E-state index is 11.5. The third-order valence-corrected chi connectivity index (χ3v) is 2.59. The third-order valence-electron chi connectivity index (χ3n) is 2.59. The molecule has 0 aromatic carbocycles. The molecule has 2 atom stereocenters. The normalized spacial score (nSPS) is 14.0. The molecule has 2 amide bonds. The lowest BCUT2D eigenvalue weighted by atomic mass is 10.0. The highest BCUT2D eigenvalue weighted by atomic mass is 16.4. The molecule has 0 saturated carbocycles. The molecule has 0 rings (SSSR count). The summed E-state index contributed by atoms with van der Waals surface area (Å²) in [6.07, 6.45) is -0.0567. The van der Waals surface area contributed by atoms with Crippen LogP contribution < -0.4 is 16.8 Å². The first-order chi connectivity index (χ1) is 8.23. The van der Waals surface area contributed by atoms with Gasteiger partial charge in [-0.05, 0) is 12.3 Å². The molecule has 0 aliphatic heterocycles. The zero-order valence-corrected chi connectivity index (χ0v) is 10.7. The molecule has 0 aliphatic carbocycles. The topological polar surface area (TPSA) is 136 Å². The molecule has 0 spiro atoms. The van der Waals surface area contributed by atoms with Crippen molar-refractivity contribution in [1.82, 2.24) is 5.32 Å². The van der Waals surface area contributed by atoms with E-state index >= 15 is 0 Å². The molecular formula is C11H21N3O4. The summed E-state index contributed by atoms with van der Waals surface area (Å²) in [5.74, 6) is -2.10. The Balaban J connectivity index is 4.28. The molecule has 0 aromatic rings. The number of carbonyl (C=O) groups is 3. The molecular weight excluding hydrogens is 238 g/mol. The van der Waals surface area contributed by atoms with Crippen LogP contribution in [0.25, 0.3) is 0 Å². The summed E-state index contributed by atoms with van der Waals surface area (Å²) in [6.45, 7) is 3.75. The van der Waals surface area contributed by atoms with Crippen LogP contribution in [0.4, 0.5) is 0 Å². The predicted octanol–water partition coefficient (Wildman–Crippen LogP) is -0.805. The quantitative estimate of drug-likeness (QED) is 0.452. The zero-order valence-electron chi connectivity index (χ0n) is 10.7. The number of primary amides is 1. The van der Waals surface area contributed by atoms with Gasteiger partial charge in [0.15, 0.2) is 0 Å². The summed E-state index contributed by atoms with van der Waals surface area (Å²) in [5, 5.41) is 11.2. The van der Waals surface area contributed by atoms with Crippen molar-refractivity contribution >= 4 is 17.8 Å². The van der Waals surface area contributed by atoms with E-state index in [0.717, 1.165) is 0 Å². The molecule has 7 heteroatoms. The second kappa shape index (κ2) is 7.65. The molecule has 0 saturated heterocycles. The first kappa shape index (κ1) is 16.4. The highest BCUT2D eigenvalue weighted by Crippen LogP contribution is 2.04. The van der Waals surface area contributed by atoms with Gasteiger partial charge in [0.05, 0.1) is 0 Å². The summed E-state index contributed by atoms with van der Waals surface area (Å²) in [5.41, 5.74) is 10.6. The van der Waals surface area contributed by atoms with Gasteiger partial charge in [0.1, 0.15) is 6.04 Å². The van der Waals surface area contributed by atoms with E-state index in [4.69, 9.17) is 16.6 Å². The molecule has 7 nitrogen and oxygen atoms in total. The smallest absolute Gasteiger partial charge is 0.326 e. The van der Waals surface area contributed by atoms with Gasteiger partial charge in [-0.15, -0.1) is 0 Å². The third kappa shape index (κ3) is 6.85. The first-order valence-corrected chi connectivity index (χ1v) is 5.80. The second-order valence-electron chi connectivity index (χ2n) is 4.58. The van der Waals surface area contributed by atoms with Gasteiger partial charge in [0.25, 0.3) is 0 Å². The minimum Gasteiger partial charge on any atom is -0.480 e. The van der Waals surface area contributed by atoms with Crippen molar-refractivity contribution in [2.45, 2.75) is 45.2 Å². The van der Waals surface area contributed by atoms with E-state index < -0.39 is 23.8 Å². The van der Waals surface area contributed by atoms with Crippen LogP contribution >= 0.6 is 0 Å². The Morgan fingerprint density at radius 3 is 2.22 bits per heavy atom. The Hall–Kier alpha value is -1.63. The highest BCUT2D eigenvalue weighted by Gasteiger charge is 2.22. The highest BCUT2D eigenvalue weighted by molar-refractivity contribution is 5.84. The summed E-state index contributed by atoms with van der Waals surface area (Å²) in [6, 6.07) is -1.43. The largest absolute Gasteiger partial charge is 0.480 e. The maximum atomic E-state index is 11.5. The van der Waals surface area contributed by atoms with Gasteiger partial charge >= 0.3 is 5.97 Å². The van der Waals surface area contributed by atoms with Crippen LogP contribution in [0.1, 0.15) is 33.1 Å². The average molecular weight is 259 g/mol. The average Bonchev–Trinajstić information content (AvgIpc) is 2.23. The Morgan fingerprint density at radius 2 is 1.83 bits per heavy atom. The van der Waals surface area contributed by atoms with Gasteiger partial charge in [0.2, 0.25) is 11.8 Å². The standard InChI is InChI=1S/C11H21N3O4/c1-6(2)7(12)5-10(16)14-8(11(17)18)3-4-9(13)15/h6-8H,3-5,12H2,1-2H3,(H2,13,15)(H,14,16)(H,17,18)/t7?,8-/m1/s1. The van der Waals surface area contributed by atoms with Crippen molar-refractivity contribution in [3.8, 4) is 0 Å². The van der Waals surface area contributed by atoms with Crippen LogP contribution in [-0.4, -0.2) is 35.0 Å². The summed E-state index contributed by atoms with van der Waals surface area (Å²) in [4.78, 5) is 33.0. The van der Waals surface area contributed by atoms with E-state index in [2.05, 4.69) is 5.32 Å². The van der Waals surface area contributed by atoms with Crippen molar-refractivity contribution in [3.05, 3.63) is 0 Å². The number of nitrogens with two attached hydrogens (primary N) is 2. The van der Waals surface area contributed by atoms with E-state index in [1.165, 1.54) is 0 Å². The summed E-state index contributed by atoms with van der Waals surface area (Å²) in [7, 11) is 0. The molecule has 0 heterocycles. The Bertz CT molecular complexity index is 317. The van der Waals surface area contributed by atoms with Crippen LogP contribution in [0.3, 0.4) is 0 Å². The van der Waals surface area contributed by atoms with Crippen LogP contribution in [0, 0.1) is 5.92 Å². The predicted molar refractivity (Wildman–Crippen MR) is 65.4 cm³/mol. The van der Waals surface area contributed by atoms with E-state index in [0.29, 0.717) is 0 Å². The van der Waals surface area contributed by atoms with Crippen LogP contribution in [-0.2, 0) is 14.4 Å². The first-order valence-electron chi connectivity index (χ1n) is 5.80. The van der Waals surface area contributed by atoms with Crippen molar-refractivity contribution < 1.29 is 19.5 Å². The second-order valence-corrected chi connectivity index (χ2v) is 4.58. The fourth-order valence-corrected chi connectivity index (χ4v) is 1.25. The zero-order chi connectivity index (χ0) is 14.3. The van der Waals surface area contributed by atoms with Gasteiger partial charge in [-0.3, -0.25) is 9.59 Å². The Labute approximate surface area is 106 Å². The van der Waals surface area contributed by atoms with Gasteiger partial charge in [0, 0.05) is 18.9 Å². The van der Waals surface area contributed by atoms with Gasteiger partial charge in [-0.1, -0.05) is 13.8 Å². The van der Waals surface area contributed by atoms with Crippen LogP contribution in [0.15, 0.2) is 0 Å². The molecule has 1 unspecified atom stereocenters. The van der Waals surface area contributed by atoms with Crippen molar-refractivity contribution in [2.24, 2.45) is 17.4 Å². The molecule has 0 radical (unpaired) electrons. The minimum atomic E-state index is -1.19. The fraction of sp³-hybridized carbons (Fsp3) is 0.727. The van der Waals surface area contributed by atoms with Gasteiger partial charge < -0.3 is 21.9 Å². The number of hydrogen-bond donors (Lipinski definition) is 4. The number of carboxylic acid groups (broad SMARTS) is 1. The Kier molecular flexibility index (Phi) is 6.96. The summed E-state index contributed by atoms with van der Waals surface area (Å²) < 4.78 is 0. The number of carboxylic acids is 1. The molecule has 6 N–H and O–H groups in total. The van der Waals surface area contributed by atoms with Crippen molar-refractivity contribution in [2.75, 3.05) is 0 Å². The lowest BCUT2D eigenvalue weighted by molar-refractivity contribution is -0.142. The van der Waals surface area contributed by atoms with E-state index in [9.17, 15) is 14.4 Å². The Morgan fingerprint density at radius 1 is 1.28 bits per heavy atom. The van der Waals surface area contributed by atoms with Crippen molar-refractivity contribution in [3.63, 3.8) is 0 Å². The monoisotopic (exact) mass is 259 g/mol. The maximum Gasteiger partial charge on any atom is 0.326 e. The summed E-state index contributed by atoms with van der Waals surface area (Å²) >= 11 is 0. The molecule has 104 valence electrons. The number of carbonyl (C=O) groups excluding carboxylic acids is 2. The minimum absolute atomic E-state index is 0.0205. The fourth-order valence-electron chi connectivity index (χ4n) is 1.25. The van der Waals surface area contributed by atoms with Gasteiger partial charge in [-0.2, -0.15) is 0 Å². The van der Waals surface area contributed by atoms with Crippen molar-refractivity contribution in [1.29, 1.82) is 0 Å². The number of aliphatic carboxylic acids is 1. The lowest BCUT2D eigenvalue weighted by Crippen LogP contribution is -2.44. The van der Waals surface area contributed by atoms with E-state index in [1.54, 1.807) is 0 Å². The van der Waals surface area contributed by atoms with Crippen LogP contribution in [0.5, 0.6) is 0 Å². The number of amides is 2. The van der Waals surface area contributed by atoms with Gasteiger partial charge in [-0.25, -0.2) is 4.79 Å². The lowest BCUT2D eigenvalue weighted by Gasteiger charge is -2.18. The molecule has 0 aliphatic rings. The number of nitrogens with one attached hydrogen (secondary N) is 1. The van der Waals surface area contributed by atoms with E-state index in [-0.39, 0.29) is 31.2 Å². The SMILES string of the molecule is CC(C)C(N)CC(=O)N[C@H](CCC(N)=O)C(=O)O. The number of hydrogen-bond acceptors (Lipinski definition) is 4. The molecule has 18 heavy (non-hydrogen) atoms. The number of rotatable bonds is 8. The molecule has 0 bridgehead atoms. The molecule has 0 aromatic heterocycles. The van der Waals surface area contributed by atoms with E-state index in [1.807, 2.05) is 13.8 Å². The van der Waals surface area contributed by atoms with Crippen LogP contribution in [0.2, 0.25) is 0 Å². The molecule has 0 fully saturated rings.